The fraction of sp³-hybridized carbons (Fsp3) is 0.267. The molecule has 1 N–H and O–H groups in total. The standard InChI is InChI=1S/C9H6Cl.C4H10N.2CH3.2ClH.Si.Zr/c10-9-5-7-3-1-2-4-8(7)6-9;1-4(2,3)5;;;;;;/h1-6H;5H,1-3H3;2*1H3;2*1H;;/q4*-1;;;;. The second-order valence-corrected chi connectivity index (χ2v) is 4.99. The maximum atomic E-state index is 6.94. The molecule has 0 atom stereocenters. The Labute approximate surface area is 164 Å². The molecule has 0 aliphatic rings. The van der Waals surface area contributed by atoms with E-state index in [1.54, 1.807) is 0 Å². The quantitative estimate of drug-likeness (QED) is 0.332. The normalized spacial score (nSPS) is 8.00. The number of nitrogens with one attached hydrogen (secondary N) is 1. The van der Waals surface area contributed by atoms with Gasteiger partial charge in [0.25, 0.3) is 0 Å². The van der Waals surface area contributed by atoms with Crippen LogP contribution in [-0.4, -0.2) is 12.4 Å². The van der Waals surface area contributed by atoms with Gasteiger partial charge in [-0.1, -0.05) is 26.8 Å². The molecule has 21 heavy (non-hydrogen) atoms. The molecule has 0 fully saturated rings. The third kappa shape index (κ3) is 18.7. The van der Waals surface area contributed by atoms with Crippen LogP contribution in [0.4, 0.5) is 0 Å². The molecule has 2 radical (unpaired) electrons. The molecule has 1 nitrogen and oxygen atoms in total. The first-order valence-electron chi connectivity index (χ1n) is 5.17. The predicted molar refractivity (Wildman–Crippen MR) is 102 cm³/mol. The van der Waals surface area contributed by atoms with Crippen molar-refractivity contribution in [3.05, 3.63) is 62.0 Å². The van der Waals surface area contributed by atoms with Crippen molar-refractivity contribution in [2.75, 3.05) is 0 Å². The summed E-state index contributed by atoms with van der Waals surface area (Å²) in [6.07, 6.45) is 0. The topological polar surface area (TPSA) is 23.8 Å². The summed E-state index contributed by atoms with van der Waals surface area (Å²) < 4.78 is 0. The Hall–Kier alpha value is 0.760. The zero-order chi connectivity index (χ0) is 13.5. The summed E-state index contributed by atoms with van der Waals surface area (Å²) in [7, 11) is 0. The van der Waals surface area contributed by atoms with Gasteiger partial charge in [-0.3, -0.25) is 0 Å². The number of fused-ring (bicyclic) bond motifs is 1. The summed E-state index contributed by atoms with van der Waals surface area (Å²) in [5, 5.41) is 3.25. The molecule has 0 aromatic heterocycles. The zero-order valence-electron chi connectivity index (χ0n) is 13.2. The molecule has 2 aromatic rings. The number of rotatable bonds is 0. The molecule has 0 spiro atoms. The van der Waals surface area contributed by atoms with Crippen molar-refractivity contribution in [1.29, 1.82) is 0 Å². The van der Waals surface area contributed by atoms with E-state index in [9.17, 15) is 0 Å². The first-order valence-corrected chi connectivity index (χ1v) is 9.74. The Morgan fingerprint density at radius 1 is 1.10 bits per heavy atom. The van der Waals surface area contributed by atoms with Crippen LogP contribution in [0.5, 0.6) is 0 Å². The van der Waals surface area contributed by atoms with Crippen LogP contribution in [0.25, 0.3) is 16.5 Å². The average molecular weight is 444 g/mol. The second kappa shape index (κ2) is 17.1. The molecule has 0 aliphatic carbocycles. The van der Waals surface area contributed by atoms with Crippen LogP contribution in [0.15, 0.2) is 36.4 Å². The SMILES string of the molecule is CC(C)(C)[NH-].Cl.Cl.Clc1cc2ccccc2[cH-]1.[CH3-].[CH3-].[Si]=[Zr]. The maximum absolute atomic E-state index is 6.94. The molecule has 0 saturated heterocycles. The van der Waals surface area contributed by atoms with Gasteiger partial charge in [0.1, 0.15) is 0 Å². The summed E-state index contributed by atoms with van der Waals surface area (Å²) in [6, 6.07) is 12.1. The van der Waals surface area contributed by atoms with Crippen molar-refractivity contribution in [3.63, 3.8) is 0 Å². The van der Waals surface area contributed by atoms with Crippen molar-refractivity contribution in [1.82, 2.24) is 0 Å². The van der Waals surface area contributed by atoms with E-state index in [1.807, 2.05) is 45.0 Å². The van der Waals surface area contributed by atoms with Gasteiger partial charge in [-0.15, -0.1) is 83.1 Å². The third-order valence-corrected chi connectivity index (χ3v) is 1.80. The third-order valence-electron chi connectivity index (χ3n) is 1.58. The summed E-state index contributed by atoms with van der Waals surface area (Å²) in [5.41, 5.74) is 6.69. The molecular formula is C15H24Cl3NSiZr-4. The van der Waals surface area contributed by atoms with E-state index in [-0.39, 0.29) is 45.2 Å². The van der Waals surface area contributed by atoms with E-state index < -0.39 is 0 Å². The van der Waals surface area contributed by atoms with Crippen LogP contribution in [0.3, 0.4) is 0 Å². The minimum absolute atomic E-state index is 0. The summed E-state index contributed by atoms with van der Waals surface area (Å²) in [4.78, 5) is 0. The Kier molecular flexibility index (Phi) is 27.2. The molecule has 2 aromatic carbocycles. The predicted octanol–water partition coefficient (Wildman–Crippen LogP) is 6.41. The zero-order valence-corrected chi connectivity index (χ0v) is 19.0. The molecule has 0 unspecified atom stereocenters. The van der Waals surface area contributed by atoms with Gasteiger partial charge in [-0.25, -0.2) is 0 Å². The van der Waals surface area contributed by atoms with Gasteiger partial charge >= 0.3 is 30.2 Å². The van der Waals surface area contributed by atoms with Crippen LogP contribution in [0.2, 0.25) is 5.02 Å². The number of hydrogen-bond donors (Lipinski definition) is 0. The van der Waals surface area contributed by atoms with E-state index >= 15 is 0 Å². The Morgan fingerprint density at radius 2 is 1.48 bits per heavy atom. The van der Waals surface area contributed by atoms with Gasteiger partial charge in [0, 0.05) is 0 Å². The van der Waals surface area contributed by atoms with Gasteiger partial charge in [-0.05, 0) is 5.02 Å². The molecular weight excluding hydrogens is 420 g/mol. The van der Waals surface area contributed by atoms with E-state index in [0.29, 0.717) is 0 Å². The van der Waals surface area contributed by atoms with Gasteiger partial charge in [-0.2, -0.15) is 0 Å². The first kappa shape index (κ1) is 33.4. The van der Waals surface area contributed by atoms with Crippen LogP contribution in [-0.2, 0) is 23.3 Å². The van der Waals surface area contributed by atoms with E-state index in [2.05, 4.69) is 19.0 Å². The summed E-state index contributed by atoms with van der Waals surface area (Å²) in [6.45, 7) is 8.62. The van der Waals surface area contributed by atoms with E-state index in [4.69, 9.17) is 17.3 Å². The molecule has 6 heteroatoms. The number of hydrogen-bond acceptors (Lipinski definition) is 0. The average Bonchev–Trinajstić information content (AvgIpc) is 2.58. The summed E-state index contributed by atoms with van der Waals surface area (Å²) >= 11 is 7.14. The second-order valence-electron chi connectivity index (χ2n) is 4.55. The Balaban J connectivity index is -0.0000000695. The van der Waals surface area contributed by atoms with Crippen molar-refractivity contribution in [2.45, 2.75) is 26.3 Å². The van der Waals surface area contributed by atoms with Crippen LogP contribution in [0, 0.1) is 14.9 Å². The summed E-state index contributed by atoms with van der Waals surface area (Å²) in [5.74, 6) is 0. The Bertz CT molecular complexity index is 416. The van der Waals surface area contributed by atoms with E-state index in [1.165, 1.54) is 34.1 Å². The minimum atomic E-state index is -0.250. The van der Waals surface area contributed by atoms with Crippen molar-refractivity contribution in [3.8, 4) is 0 Å². The molecule has 0 amide bonds. The van der Waals surface area contributed by atoms with E-state index in [0.717, 1.165) is 5.02 Å². The first-order chi connectivity index (χ1) is 7.86. The van der Waals surface area contributed by atoms with Crippen LogP contribution >= 0.6 is 36.4 Å². The molecule has 0 saturated carbocycles. The molecule has 122 valence electrons. The van der Waals surface area contributed by atoms with Crippen molar-refractivity contribution < 1.29 is 23.3 Å². The van der Waals surface area contributed by atoms with Crippen LogP contribution < -0.4 is 0 Å². The van der Waals surface area contributed by atoms with Gasteiger partial charge in [0.15, 0.2) is 0 Å². The molecule has 0 bridgehead atoms. The van der Waals surface area contributed by atoms with Crippen molar-refractivity contribution >= 4 is 54.1 Å². The fourth-order valence-electron chi connectivity index (χ4n) is 1.11. The fourth-order valence-corrected chi connectivity index (χ4v) is 1.35. The number of halogens is 3. The van der Waals surface area contributed by atoms with Gasteiger partial charge in [0.05, 0.1) is 0 Å². The molecule has 2 rings (SSSR count). The molecule has 0 heterocycles. The van der Waals surface area contributed by atoms with Gasteiger partial charge in [0.2, 0.25) is 0 Å². The Morgan fingerprint density at radius 3 is 1.86 bits per heavy atom. The molecule has 0 aliphatic heterocycles. The van der Waals surface area contributed by atoms with Crippen molar-refractivity contribution in [2.24, 2.45) is 0 Å². The monoisotopic (exact) mass is 441 g/mol. The van der Waals surface area contributed by atoms with Crippen LogP contribution in [0.1, 0.15) is 20.8 Å². The number of benzene rings is 1. The van der Waals surface area contributed by atoms with Gasteiger partial charge < -0.3 is 20.6 Å².